The number of nitrogens with zero attached hydrogens (tertiary/aromatic N) is 3. The molecule has 0 saturated carbocycles. The highest BCUT2D eigenvalue weighted by atomic mass is 16.1. The van der Waals surface area contributed by atoms with Crippen LogP contribution >= 0.6 is 0 Å². The predicted molar refractivity (Wildman–Crippen MR) is 64.1 cm³/mol. The molecule has 0 aromatic carbocycles. The third-order valence-corrected chi connectivity index (χ3v) is 3.06. The molecule has 0 radical (unpaired) electrons. The molecule has 0 unspecified atom stereocenters. The summed E-state index contributed by atoms with van der Waals surface area (Å²) in [4.78, 5) is 19.7. The zero-order valence-electron chi connectivity index (χ0n) is 9.81. The molecule has 2 rings (SSSR count). The number of aldehydes is 1. The first-order chi connectivity index (χ1) is 7.70. The van der Waals surface area contributed by atoms with Gasteiger partial charge in [-0.3, -0.25) is 4.79 Å². The molecule has 4 nitrogen and oxygen atoms in total. The van der Waals surface area contributed by atoms with Crippen molar-refractivity contribution in [1.29, 1.82) is 0 Å². The molecule has 4 heteroatoms. The Morgan fingerprint density at radius 2 is 1.94 bits per heavy atom. The Balaban J connectivity index is 2.17. The van der Waals surface area contributed by atoms with Gasteiger partial charge < -0.3 is 9.80 Å². The van der Waals surface area contributed by atoms with Gasteiger partial charge in [0.1, 0.15) is 11.5 Å². The summed E-state index contributed by atoms with van der Waals surface area (Å²) in [5.41, 5.74) is 1.49. The van der Waals surface area contributed by atoms with Crippen LogP contribution in [0.5, 0.6) is 0 Å². The molecule has 2 heterocycles. The fourth-order valence-electron chi connectivity index (χ4n) is 1.86. The number of hydrogen-bond donors (Lipinski definition) is 0. The first kappa shape index (κ1) is 11.1. The standard InChI is InChI=1S/C12H17N3O/c1-10-3-4-12(13-11(10)9-16)15-7-5-14(2)6-8-15/h3-4,9H,5-8H2,1-2H3. The van der Waals surface area contributed by atoms with Gasteiger partial charge in [-0.2, -0.15) is 0 Å². The number of likely N-dealkylation sites (N-methyl/N-ethyl adjacent to an activating group) is 1. The van der Waals surface area contributed by atoms with Gasteiger partial charge in [-0.05, 0) is 25.6 Å². The third-order valence-electron chi connectivity index (χ3n) is 3.06. The molecule has 1 aliphatic heterocycles. The molecule has 0 spiro atoms. The molecular formula is C12H17N3O. The van der Waals surface area contributed by atoms with Crippen molar-refractivity contribution in [3.8, 4) is 0 Å². The number of anilines is 1. The van der Waals surface area contributed by atoms with Crippen LogP contribution in [0.4, 0.5) is 5.82 Å². The summed E-state index contributed by atoms with van der Waals surface area (Å²) in [5, 5.41) is 0. The Labute approximate surface area is 95.9 Å². The summed E-state index contributed by atoms with van der Waals surface area (Å²) >= 11 is 0. The fourth-order valence-corrected chi connectivity index (χ4v) is 1.86. The second-order valence-corrected chi connectivity index (χ2v) is 4.28. The third kappa shape index (κ3) is 2.22. The highest BCUT2D eigenvalue weighted by molar-refractivity contribution is 5.75. The fraction of sp³-hybridized carbons (Fsp3) is 0.500. The van der Waals surface area contributed by atoms with Crippen molar-refractivity contribution < 1.29 is 4.79 Å². The first-order valence-corrected chi connectivity index (χ1v) is 5.57. The average Bonchev–Trinajstić information content (AvgIpc) is 2.31. The lowest BCUT2D eigenvalue weighted by Gasteiger charge is -2.33. The number of piperazine rings is 1. The second kappa shape index (κ2) is 4.61. The van der Waals surface area contributed by atoms with Crippen LogP contribution in [-0.2, 0) is 0 Å². The van der Waals surface area contributed by atoms with Gasteiger partial charge in [0.05, 0.1) is 0 Å². The highest BCUT2D eigenvalue weighted by Gasteiger charge is 2.15. The van der Waals surface area contributed by atoms with Crippen LogP contribution in [0.25, 0.3) is 0 Å². The molecule has 0 bridgehead atoms. The van der Waals surface area contributed by atoms with E-state index in [1.54, 1.807) is 0 Å². The zero-order chi connectivity index (χ0) is 11.5. The van der Waals surface area contributed by atoms with Gasteiger partial charge in [-0.25, -0.2) is 4.98 Å². The number of carbonyl (C=O) groups is 1. The minimum absolute atomic E-state index is 0.552. The van der Waals surface area contributed by atoms with Gasteiger partial charge in [0.2, 0.25) is 0 Å². The average molecular weight is 219 g/mol. The van der Waals surface area contributed by atoms with Crippen molar-refractivity contribution in [3.63, 3.8) is 0 Å². The number of hydrogen-bond acceptors (Lipinski definition) is 4. The summed E-state index contributed by atoms with van der Waals surface area (Å²) < 4.78 is 0. The van der Waals surface area contributed by atoms with Crippen LogP contribution in [0.15, 0.2) is 12.1 Å². The van der Waals surface area contributed by atoms with E-state index >= 15 is 0 Å². The molecule has 0 N–H and O–H groups in total. The van der Waals surface area contributed by atoms with Crippen LogP contribution in [-0.4, -0.2) is 49.4 Å². The monoisotopic (exact) mass is 219 g/mol. The molecule has 1 aromatic rings. The Bertz CT molecular complexity index is 384. The van der Waals surface area contributed by atoms with Crippen LogP contribution in [0.1, 0.15) is 16.1 Å². The lowest BCUT2D eigenvalue weighted by Crippen LogP contribution is -2.44. The van der Waals surface area contributed by atoms with Gasteiger partial charge >= 0.3 is 0 Å². The maximum Gasteiger partial charge on any atom is 0.168 e. The van der Waals surface area contributed by atoms with Crippen LogP contribution in [0, 0.1) is 6.92 Å². The summed E-state index contributed by atoms with van der Waals surface area (Å²) in [6.45, 7) is 5.96. The van der Waals surface area contributed by atoms with E-state index in [1.807, 2.05) is 19.1 Å². The number of rotatable bonds is 2. The van der Waals surface area contributed by atoms with Crippen molar-refractivity contribution >= 4 is 12.1 Å². The van der Waals surface area contributed by atoms with Gasteiger partial charge in [0.25, 0.3) is 0 Å². The maximum absolute atomic E-state index is 10.8. The summed E-state index contributed by atoms with van der Waals surface area (Å²) in [6.07, 6.45) is 0.828. The van der Waals surface area contributed by atoms with Crippen molar-refractivity contribution in [2.75, 3.05) is 38.1 Å². The summed E-state index contributed by atoms with van der Waals surface area (Å²) in [7, 11) is 2.12. The molecule has 0 aliphatic carbocycles. The first-order valence-electron chi connectivity index (χ1n) is 5.57. The molecule has 1 aromatic heterocycles. The van der Waals surface area contributed by atoms with E-state index in [0.717, 1.165) is 43.8 Å². The second-order valence-electron chi connectivity index (χ2n) is 4.28. The van der Waals surface area contributed by atoms with Gasteiger partial charge in [-0.15, -0.1) is 0 Å². The van der Waals surface area contributed by atoms with Crippen molar-refractivity contribution in [1.82, 2.24) is 9.88 Å². The highest BCUT2D eigenvalue weighted by Crippen LogP contribution is 2.15. The molecule has 16 heavy (non-hydrogen) atoms. The van der Waals surface area contributed by atoms with Gasteiger partial charge in [-0.1, -0.05) is 6.07 Å². The predicted octanol–water partition coefficient (Wildman–Crippen LogP) is 0.954. The zero-order valence-corrected chi connectivity index (χ0v) is 9.81. The Morgan fingerprint density at radius 1 is 1.25 bits per heavy atom. The Kier molecular flexibility index (Phi) is 3.19. The summed E-state index contributed by atoms with van der Waals surface area (Å²) in [5.74, 6) is 0.917. The molecule has 86 valence electrons. The van der Waals surface area contributed by atoms with E-state index in [0.29, 0.717) is 5.69 Å². The van der Waals surface area contributed by atoms with Crippen molar-refractivity contribution in [3.05, 3.63) is 23.4 Å². The molecule has 0 amide bonds. The normalized spacial score (nSPS) is 17.5. The molecule has 0 atom stereocenters. The largest absolute Gasteiger partial charge is 0.354 e. The van der Waals surface area contributed by atoms with E-state index < -0.39 is 0 Å². The van der Waals surface area contributed by atoms with E-state index in [1.165, 1.54) is 0 Å². The lowest BCUT2D eigenvalue weighted by atomic mass is 10.2. The van der Waals surface area contributed by atoms with E-state index in [2.05, 4.69) is 21.8 Å². The minimum atomic E-state index is 0.552. The molecule has 1 fully saturated rings. The molecule has 1 aliphatic rings. The van der Waals surface area contributed by atoms with Crippen LogP contribution in [0.3, 0.4) is 0 Å². The minimum Gasteiger partial charge on any atom is -0.354 e. The number of aryl methyl sites for hydroxylation is 1. The van der Waals surface area contributed by atoms with Gasteiger partial charge in [0, 0.05) is 26.2 Å². The maximum atomic E-state index is 10.8. The summed E-state index contributed by atoms with van der Waals surface area (Å²) in [6, 6.07) is 3.96. The quantitative estimate of drug-likeness (QED) is 0.694. The lowest BCUT2D eigenvalue weighted by molar-refractivity contribution is 0.111. The number of pyridine rings is 1. The van der Waals surface area contributed by atoms with Crippen LogP contribution < -0.4 is 4.90 Å². The Hall–Kier alpha value is -1.42. The van der Waals surface area contributed by atoms with Gasteiger partial charge in [0.15, 0.2) is 6.29 Å². The smallest absolute Gasteiger partial charge is 0.168 e. The van der Waals surface area contributed by atoms with Crippen LogP contribution in [0.2, 0.25) is 0 Å². The van der Waals surface area contributed by atoms with E-state index in [9.17, 15) is 4.79 Å². The topological polar surface area (TPSA) is 36.4 Å². The van der Waals surface area contributed by atoms with E-state index in [4.69, 9.17) is 0 Å². The number of aromatic nitrogens is 1. The Morgan fingerprint density at radius 3 is 2.56 bits per heavy atom. The van der Waals surface area contributed by atoms with Crippen molar-refractivity contribution in [2.24, 2.45) is 0 Å². The SMILES string of the molecule is Cc1ccc(N2CCN(C)CC2)nc1C=O. The molecule has 1 saturated heterocycles. The van der Waals surface area contributed by atoms with Crippen molar-refractivity contribution in [2.45, 2.75) is 6.92 Å². The molecular weight excluding hydrogens is 202 g/mol. The number of carbonyl (C=O) groups excluding carboxylic acids is 1. The van der Waals surface area contributed by atoms with E-state index in [-0.39, 0.29) is 0 Å².